The Balaban J connectivity index is 2.20. The van der Waals surface area contributed by atoms with E-state index in [1.165, 1.54) is 23.5 Å². The highest BCUT2D eigenvalue weighted by atomic mass is 32.2. The molecule has 0 amide bonds. The smallest absolute Gasteiger partial charge is 0.245 e. The summed E-state index contributed by atoms with van der Waals surface area (Å²) in [4.78, 5) is 4.63. The zero-order valence-electron chi connectivity index (χ0n) is 10.2. The summed E-state index contributed by atoms with van der Waals surface area (Å²) in [5.41, 5.74) is 0.869. The van der Waals surface area contributed by atoms with Gasteiger partial charge >= 0.3 is 0 Å². The Bertz CT molecular complexity index is 724. The third-order valence-electron chi connectivity index (χ3n) is 2.30. The molecule has 0 aromatic carbocycles. The van der Waals surface area contributed by atoms with Gasteiger partial charge in [-0.3, -0.25) is 0 Å². The first kappa shape index (κ1) is 14.1. The van der Waals surface area contributed by atoms with Crippen LogP contribution >= 0.6 is 22.7 Å². The normalized spacial score (nSPS) is 13.1. The topological polar surface area (TPSA) is 82.9 Å². The molecule has 0 radical (unpaired) electrons. The first-order valence-corrected chi connectivity index (χ1v) is 8.54. The summed E-state index contributed by atoms with van der Waals surface area (Å²) < 4.78 is 26.9. The molecule has 0 saturated carbocycles. The van der Waals surface area contributed by atoms with Crippen molar-refractivity contribution in [1.82, 2.24) is 9.71 Å². The van der Waals surface area contributed by atoms with Gasteiger partial charge in [-0.1, -0.05) is 0 Å². The fraction of sp³-hybridized carbons (Fsp3) is 0.273. The van der Waals surface area contributed by atoms with Crippen molar-refractivity contribution in [3.8, 4) is 6.07 Å². The maximum Gasteiger partial charge on any atom is 0.250 e. The Kier molecular flexibility index (Phi) is 4.01. The van der Waals surface area contributed by atoms with Gasteiger partial charge in [0.2, 0.25) is 0 Å². The van der Waals surface area contributed by atoms with Crippen molar-refractivity contribution in [1.29, 1.82) is 5.26 Å². The molecule has 8 heteroatoms. The fourth-order valence-electron chi connectivity index (χ4n) is 1.44. The SMILES string of the molecule is Cc1csc(C(C)NS(=O)(=O)c2ccc(C#N)s2)n1. The predicted octanol–water partition coefficient (Wildman–Crippen LogP) is 2.42. The van der Waals surface area contributed by atoms with Gasteiger partial charge < -0.3 is 0 Å². The van der Waals surface area contributed by atoms with Gasteiger partial charge in [-0.05, 0) is 26.0 Å². The fourth-order valence-corrected chi connectivity index (χ4v) is 4.64. The number of nitrogens with one attached hydrogen (secondary N) is 1. The van der Waals surface area contributed by atoms with Crippen LogP contribution in [0.4, 0.5) is 0 Å². The number of rotatable bonds is 4. The second-order valence-corrected chi connectivity index (χ2v) is 7.81. The summed E-state index contributed by atoms with van der Waals surface area (Å²) in [6, 6.07) is 4.46. The van der Waals surface area contributed by atoms with Crippen molar-refractivity contribution < 1.29 is 8.42 Å². The Labute approximate surface area is 119 Å². The van der Waals surface area contributed by atoms with Crippen LogP contribution in [-0.4, -0.2) is 13.4 Å². The molecular formula is C11H11N3O2S3. The summed E-state index contributed by atoms with van der Waals surface area (Å²) in [5.74, 6) is 0. The third-order valence-corrected chi connectivity index (χ3v) is 6.46. The van der Waals surface area contributed by atoms with Crippen LogP contribution in [0.5, 0.6) is 0 Å². The molecule has 5 nitrogen and oxygen atoms in total. The molecule has 100 valence electrons. The van der Waals surface area contributed by atoms with Gasteiger partial charge in [-0.25, -0.2) is 18.1 Å². The number of hydrogen-bond acceptors (Lipinski definition) is 6. The molecule has 2 aromatic rings. The van der Waals surface area contributed by atoms with Gasteiger partial charge in [0, 0.05) is 11.1 Å². The Morgan fingerprint density at radius 1 is 1.47 bits per heavy atom. The van der Waals surface area contributed by atoms with Crippen LogP contribution in [-0.2, 0) is 10.0 Å². The Morgan fingerprint density at radius 3 is 2.74 bits per heavy atom. The average Bonchev–Trinajstić information content (AvgIpc) is 2.96. The highest BCUT2D eigenvalue weighted by molar-refractivity contribution is 7.91. The van der Waals surface area contributed by atoms with E-state index < -0.39 is 16.1 Å². The van der Waals surface area contributed by atoms with Crippen LogP contribution < -0.4 is 4.72 Å². The first-order chi connectivity index (χ1) is 8.92. The minimum absolute atomic E-state index is 0.143. The lowest BCUT2D eigenvalue weighted by molar-refractivity contribution is 0.568. The van der Waals surface area contributed by atoms with E-state index in [1.54, 1.807) is 6.92 Å². The van der Waals surface area contributed by atoms with Crippen LogP contribution in [0, 0.1) is 18.3 Å². The van der Waals surface area contributed by atoms with Crippen LogP contribution in [0.1, 0.15) is 28.5 Å². The number of hydrogen-bond donors (Lipinski definition) is 1. The predicted molar refractivity (Wildman–Crippen MR) is 74.6 cm³/mol. The minimum atomic E-state index is -3.60. The Morgan fingerprint density at radius 2 is 2.21 bits per heavy atom. The molecule has 0 bridgehead atoms. The molecule has 1 N–H and O–H groups in total. The zero-order chi connectivity index (χ0) is 14.0. The Hall–Kier alpha value is -1.27. The number of aryl methyl sites for hydroxylation is 1. The van der Waals surface area contributed by atoms with Crippen molar-refractivity contribution in [3.63, 3.8) is 0 Å². The van der Waals surface area contributed by atoms with Gasteiger partial charge in [-0.15, -0.1) is 22.7 Å². The summed E-state index contributed by atoms with van der Waals surface area (Å²) in [6.45, 7) is 3.61. The van der Waals surface area contributed by atoms with E-state index >= 15 is 0 Å². The summed E-state index contributed by atoms with van der Waals surface area (Å²) in [6.07, 6.45) is 0. The number of thiophene rings is 1. The number of thiazole rings is 1. The third kappa shape index (κ3) is 3.19. The zero-order valence-corrected chi connectivity index (χ0v) is 12.7. The monoisotopic (exact) mass is 313 g/mol. The second-order valence-electron chi connectivity index (χ2n) is 3.90. The van der Waals surface area contributed by atoms with Crippen molar-refractivity contribution in [2.75, 3.05) is 0 Å². The van der Waals surface area contributed by atoms with E-state index in [0.29, 0.717) is 4.88 Å². The first-order valence-electron chi connectivity index (χ1n) is 5.36. The lowest BCUT2D eigenvalue weighted by Crippen LogP contribution is -2.26. The largest absolute Gasteiger partial charge is 0.250 e. The highest BCUT2D eigenvalue weighted by Gasteiger charge is 2.21. The molecule has 0 saturated heterocycles. The second kappa shape index (κ2) is 5.38. The summed E-state index contributed by atoms with van der Waals surface area (Å²) in [7, 11) is -3.60. The van der Waals surface area contributed by atoms with Gasteiger partial charge in [0.1, 0.15) is 20.2 Å². The number of aromatic nitrogens is 1. The molecule has 19 heavy (non-hydrogen) atoms. The van der Waals surface area contributed by atoms with Crippen molar-refractivity contribution >= 4 is 32.7 Å². The standard InChI is InChI=1S/C11H11N3O2S3/c1-7-6-17-11(13-7)8(2)14-19(15,16)10-4-3-9(5-12)18-10/h3-4,6,8,14H,1-2H3. The van der Waals surface area contributed by atoms with Crippen LogP contribution in [0.3, 0.4) is 0 Å². The van der Waals surface area contributed by atoms with E-state index in [4.69, 9.17) is 5.26 Å². The molecule has 0 spiro atoms. The molecule has 0 aliphatic rings. The lowest BCUT2D eigenvalue weighted by Gasteiger charge is -2.10. The van der Waals surface area contributed by atoms with Crippen molar-refractivity contribution in [2.24, 2.45) is 0 Å². The van der Waals surface area contributed by atoms with E-state index in [9.17, 15) is 8.42 Å². The van der Waals surface area contributed by atoms with Crippen molar-refractivity contribution in [3.05, 3.63) is 33.1 Å². The highest BCUT2D eigenvalue weighted by Crippen LogP contribution is 2.24. The molecule has 0 aliphatic carbocycles. The average molecular weight is 313 g/mol. The van der Waals surface area contributed by atoms with Gasteiger partial charge in [0.25, 0.3) is 10.0 Å². The van der Waals surface area contributed by atoms with Crippen molar-refractivity contribution in [2.45, 2.75) is 24.1 Å². The van der Waals surface area contributed by atoms with E-state index in [2.05, 4.69) is 9.71 Å². The summed E-state index contributed by atoms with van der Waals surface area (Å²) >= 11 is 2.37. The molecule has 1 atom stereocenters. The number of nitrogens with zero attached hydrogens (tertiary/aromatic N) is 2. The van der Waals surface area contributed by atoms with E-state index in [1.807, 2.05) is 18.4 Å². The van der Waals surface area contributed by atoms with Gasteiger partial charge in [0.15, 0.2) is 0 Å². The molecule has 2 aromatic heterocycles. The quantitative estimate of drug-likeness (QED) is 0.939. The molecular weight excluding hydrogens is 302 g/mol. The maximum absolute atomic E-state index is 12.1. The maximum atomic E-state index is 12.1. The molecule has 2 rings (SSSR count). The number of nitriles is 1. The van der Waals surface area contributed by atoms with Gasteiger partial charge in [0.05, 0.1) is 6.04 Å². The number of sulfonamides is 1. The minimum Gasteiger partial charge on any atom is -0.245 e. The van der Waals surface area contributed by atoms with E-state index in [-0.39, 0.29) is 4.21 Å². The van der Waals surface area contributed by atoms with Crippen LogP contribution in [0.2, 0.25) is 0 Å². The van der Waals surface area contributed by atoms with Crippen LogP contribution in [0.15, 0.2) is 21.7 Å². The molecule has 0 aliphatic heterocycles. The van der Waals surface area contributed by atoms with Crippen LogP contribution in [0.25, 0.3) is 0 Å². The molecule has 2 heterocycles. The molecule has 0 fully saturated rings. The molecule has 1 unspecified atom stereocenters. The van der Waals surface area contributed by atoms with E-state index in [0.717, 1.165) is 22.0 Å². The lowest BCUT2D eigenvalue weighted by atomic mass is 10.4. The van der Waals surface area contributed by atoms with Gasteiger partial charge in [-0.2, -0.15) is 5.26 Å². The summed E-state index contributed by atoms with van der Waals surface area (Å²) in [5, 5.41) is 11.3.